The normalized spacial score (nSPS) is 17.1. The number of ether oxygens (including phenoxy) is 2. The Balaban J connectivity index is 1.65. The Hall–Kier alpha value is -2.67. The number of para-hydroxylation sites is 2. The highest BCUT2D eigenvalue weighted by Gasteiger charge is 2.35. The van der Waals surface area contributed by atoms with Crippen LogP contribution in [0.4, 0.5) is 0 Å². The standard InChI is InChI=1S/C19H19N3O3S/c1-24-12-7-8-13(16(9-12)25-2)19-22(18(23)11-26-19)10-17-20-14-5-3-4-6-15(14)21-17/h3-9,19H,10-11H2,1-2H3,(H,20,21). The van der Waals surface area contributed by atoms with E-state index in [9.17, 15) is 4.79 Å². The molecule has 0 radical (unpaired) electrons. The lowest BCUT2D eigenvalue weighted by Gasteiger charge is -2.25. The summed E-state index contributed by atoms with van der Waals surface area (Å²) in [4.78, 5) is 22.2. The molecule has 4 rings (SSSR count). The van der Waals surface area contributed by atoms with E-state index < -0.39 is 0 Å². The average molecular weight is 369 g/mol. The minimum absolute atomic E-state index is 0.0957. The van der Waals surface area contributed by atoms with Gasteiger partial charge in [-0.05, 0) is 24.3 Å². The summed E-state index contributed by atoms with van der Waals surface area (Å²) in [6.07, 6.45) is 0. The van der Waals surface area contributed by atoms with Crippen LogP contribution in [-0.2, 0) is 11.3 Å². The van der Waals surface area contributed by atoms with Crippen LogP contribution < -0.4 is 9.47 Å². The lowest BCUT2D eigenvalue weighted by molar-refractivity contribution is -0.128. The Labute approximate surface area is 155 Å². The Kier molecular flexibility index (Phi) is 4.46. The smallest absolute Gasteiger partial charge is 0.234 e. The number of aromatic nitrogens is 2. The van der Waals surface area contributed by atoms with Crippen LogP contribution in [0.25, 0.3) is 11.0 Å². The second-order valence-electron chi connectivity index (χ2n) is 5.99. The number of fused-ring (bicyclic) bond motifs is 1. The Morgan fingerprint density at radius 3 is 2.85 bits per heavy atom. The molecule has 6 nitrogen and oxygen atoms in total. The van der Waals surface area contributed by atoms with E-state index in [-0.39, 0.29) is 11.3 Å². The molecule has 1 aliphatic heterocycles. The first-order valence-electron chi connectivity index (χ1n) is 8.26. The number of hydrogen-bond acceptors (Lipinski definition) is 5. The van der Waals surface area contributed by atoms with Crippen molar-refractivity contribution in [3.05, 3.63) is 53.9 Å². The fourth-order valence-electron chi connectivity index (χ4n) is 3.15. The summed E-state index contributed by atoms with van der Waals surface area (Å²) in [5.41, 5.74) is 2.83. The van der Waals surface area contributed by atoms with E-state index in [2.05, 4.69) is 9.97 Å². The summed E-state index contributed by atoms with van der Waals surface area (Å²) in [5, 5.41) is -0.114. The highest BCUT2D eigenvalue weighted by molar-refractivity contribution is 8.00. The van der Waals surface area contributed by atoms with Gasteiger partial charge in [-0.15, -0.1) is 11.8 Å². The van der Waals surface area contributed by atoms with Gasteiger partial charge in [-0.25, -0.2) is 4.98 Å². The highest BCUT2D eigenvalue weighted by atomic mass is 32.2. The van der Waals surface area contributed by atoms with Crippen LogP contribution in [0, 0.1) is 0 Å². The largest absolute Gasteiger partial charge is 0.497 e. The predicted octanol–water partition coefficient (Wildman–Crippen LogP) is 3.35. The number of carbonyl (C=O) groups excluding carboxylic acids is 1. The average Bonchev–Trinajstić information content (AvgIpc) is 3.24. The molecule has 1 aliphatic rings. The van der Waals surface area contributed by atoms with E-state index in [1.54, 1.807) is 26.0 Å². The van der Waals surface area contributed by atoms with Crippen molar-refractivity contribution in [2.75, 3.05) is 20.0 Å². The zero-order valence-electron chi connectivity index (χ0n) is 14.6. The monoisotopic (exact) mass is 369 g/mol. The molecule has 0 aliphatic carbocycles. The van der Waals surface area contributed by atoms with Gasteiger partial charge in [0, 0.05) is 11.6 Å². The van der Waals surface area contributed by atoms with E-state index in [0.717, 1.165) is 28.2 Å². The van der Waals surface area contributed by atoms with Gasteiger partial charge in [0.1, 0.15) is 22.7 Å². The van der Waals surface area contributed by atoms with Crippen LogP contribution >= 0.6 is 11.8 Å². The molecular weight excluding hydrogens is 350 g/mol. The second-order valence-corrected chi connectivity index (χ2v) is 7.06. The first-order chi connectivity index (χ1) is 12.7. The van der Waals surface area contributed by atoms with E-state index in [1.165, 1.54) is 0 Å². The lowest BCUT2D eigenvalue weighted by atomic mass is 10.1. The van der Waals surface area contributed by atoms with E-state index in [4.69, 9.17) is 9.47 Å². The van der Waals surface area contributed by atoms with Crippen molar-refractivity contribution >= 4 is 28.7 Å². The number of thioether (sulfide) groups is 1. The van der Waals surface area contributed by atoms with Crippen LogP contribution in [0.3, 0.4) is 0 Å². The molecule has 1 unspecified atom stereocenters. The van der Waals surface area contributed by atoms with Crippen molar-refractivity contribution in [1.29, 1.82) is 0 Å². The van der Waals surface area contributed by atoms with Crippen molar-refractivity contribution in [3.63, 3.8) is 0 Å². The van der Waals surface area contributed by atoms with Crippen LogP contribution in [0.5, 0.6) is 11.5 Å². The molecule has 2 aromatic carbocycles. The fourth-order valence-corrected chi connectivity index (χ4v) is 4.36. The zero-order valence-corrected chi connectivity index (χ0v) is 15.4. The van der Waals surface area contributed by atoms with Crippen LogP contribution in [0.15, 0.2) is 42.5 Å². The summed E-state index contributed by atoms with van der Waals surface area (Å²) in [7, 11) is 3.25. The number of nitrogens with one attached hydrogen (secondary N) is 1. The SMILES string of the molecule is COc1ccc(C2SCC(=O)N2Cc2nc3ccccc3[nH]2)c(OC)c1. The zero-order chi connectivity index (χ0) is 18.1. The molecule has 1 N–H and O–H groups in total. The van der Waals surface area contributed by atoms with Crippen LogP contribution in [0.1, 0.15) is 16.8 Å². The predicted molar refractivity (Wildman–Crippen MR) is 101 cm³/mol. The van der Waals surface area contributed by atoms with Gasteiger partial charge < -0.3 is 19.4 Å². The Morgan fingerprint density at radius 2 is 2.08 bits per heavy atom. The van der Waals surface area contributed by atoms with Gasteiger partial charge in [0.15, 0.2) is 0 Å². The van der Waals surface area contributed by atoms with E-state index in [1.807, 2.05) is 47.4 Å². The second kappa shape index (κ2) is 6.92. The van der Waals surface area contributed by atoms with Gasteiger partial charge in [0.2, 0.25) is 5.91 Å². The lowest BCUT2D eigenvalue weighted by Crippen LogP contribution is -2.28. The van der Waals surface area contributed by atoms with Crippen molar-refractivity contribution in [1.82, 2.24) is 14.9 Å². The number of carbonyl (C=O) groups is 1. The van der Waals surface area contributed by atoms with Gasteiger partial charge in [-0.2, -0.15) is 0 Å². The van der Waals surface area contributed by atoms with Gasteiger partial charge >= 0.3 is 0 Å². The molecule has 1 atom stereocenters. The molecule has 1 fully saturated rings. The molecule has 1 amide bonds. The van der Waals surface area contributed by atoms with Crippen molar-refractivity contribution < 1.29 is 14.3 Å². The summed E-state index contributed by atoms with van der Waals surface area (Å²) in [5.74, 6) is 2.76. The number of nitrogens with zero attached hydrogens (tertiary/aromatic N) is 2. The number of rotatable bonds is 5. The molecule has 0 saturated carbocycles. The maximum atomic E-state index is 12.5. The number of imidazole rings is 1. The fraction of sp³-hybridized carbons (Fsp3) is 0.263. The number of aromatic amines is 1. The third-order valence-electron chi connectivity index (χ3n) is 4.43. The molecule has 134 valence electrons. The Bertz CT molecular complexity index is 923. The first-order valence-corrected chi connectivity index (χ1v) is 9.31. The van der Waals surface area contributed by atoms with E-state index >= 15 is 0 Å². The first kappa shape index (κ1) is 16.8. The third kappa shape index (κ3) is 2.99. The van der Waals surface area contributed by atoms with Gasteiger partial charge in [-0.1, -0.05) is 12.1 Å². The number of benzene rings is 2. The van der Waals surface area contributed by atoms with Crippen molar-refractivity contribution in [2.24, 2.45) is 0 Å². The quantitative estimate of drug-likeness (QED) is 0.747. The molecular formula is C19H19N3O3S. The highest BCUT2D eigenvalue weighted by Crippen LogP contribution is 2.44. The number of methoxy groups -OCH3 is 2. The van der Waals surface area contributed by atoms with Crippen LogP contribution in [-0.4, -0.2) is 40.7 Å². The number of H-pyrrole nitrogens is 1. The Morgan fingerprint density at radius 1 is 1.23 bits per heavy atom. The minimum Gasteiger partial charge on any atom is -0.497 e. The molecule has 0 bridgehead atoms. The van der Waals surface area contributed by atoms with Gasteiger partial charge in [0.25, 0.3) is 0 Å². The summed E-state index contributed by atoms with van der Waals surface area (Å²) >= 11 is 1.59. The molecule has 7 heteroatoms. The summed E-state index contributed by atoms with van der Waals surface area (Å²) < 4.78 is 10.8. The summed E-state index contributed by atoms with van der Waals surface area (Å²) in [6, 6.07) is 13.6. The maximum Gasteiger partial charge on any atom is 0.234 e. The third-order valence-corrected chi connectivity index (χ3v) is 5.67. The van der Waals surface area contributed by atoms with Crippen molar-refractivity contribution in [3.8, 4) is 11.5 Å². The van der Waals surface area contributed by atoms with Gasteiger partial charge in [-0.3, -0.25) is 4.79 Å². The van der Waals surface area contributed by atoms with E-state index in [0.29, 0.717) is 18.0 Å². The topological polar surface area (TPSA) is 67.5 Å². The molecule has 1 aromatic heterocycles. The molecule has 3 aromatic rings. The summed E-state index contributed by atoms with van der Waals surface area (Å²) in [6.45, 7) is 0.431. The number of hydrogen-bond donors (Lipinski definition) is 1. The minimum atomic E-state index is -0.114. The molecule has 0 spiro atoms. The molecule has 2 heterocycles. The molecule has 26 heavy (non-hydrogen) atoms. The maximum absolute atomic E-state index is 12.5. The van der Waals surface area contributed by atoms with Crippen molar-refractivity contribution in [2.45, 2.75) is 11.9 Å². The number of amides is 1. The van der Waals surface area contributed by atoms with Crippen LogP contribution in [0.2, 0.25) is 0 Å². The molecule has 1 saturated heterocycles. The van der Waals surface area contributed by atoms with Gasteiger partial charge in [0.05, 0.1) is 37.6 Å².